The molecule has 8 heteroatoms. The average Bonchev–Trinajstić information content (AvgIpc) is 2.94. The molecule has 0 atom stereocenters. The second-order valence-corrected chi connectivity index (χ2v) is 6.38. The minimum absolute atomic E-state index is 0.136. The molecule has 0 bridgehead atoms. The minimum atomic E-state index is 0.136. The lowest BCUT2D eigenvalue weighted by atomic mass is 10.1. The Kier molecular flexibility index (Phi) is 5.13. The summed E-state index contributed by atoms with van der Waals surface area (Å²) in [4.78, 5) is 0. The highest BCUT2D eigenvalue weighted by molar-refractivity contribution is 7.80. The summed E-state index contributed by atoms with van der Waals surface area (Å²) in [5, 5.41) is 13.9. The lowest BCUT2D eigenvalue weighted by molar-refractivity contribution is 0.906. The summed E-state index contributed by atoms with van der Waals surface area (Å²) >= 11 is 17.2. The Labute approximate surface area is 160 Å². The van der Waals surface area contributed by atoms with E-state index >= 15 is 0 Å². The summed E-state index contributed by atoms with van der Waals surface area (Å²) in [5.74, 6) is 0. The smallest absolute Gasteiger partial charge is 0.191 e. The van der Waals surface area contributed by atoms with Crippen LogP contribution in [0, 0.1) is 6.92 Å². The first-order valence-electron chi connectivity index (χ1n) is 7.29. The van der Waals surface area contributed by atoms with Gasteiger partial charge in [-0.1, -0.05) is 59.6 Å². The summed E-state index contributed by atoms with van der Waals surface area (Å²) in [6.45, 7) is 1.83. The zero-order valence-corrected chi connectivity index (χ0v) is 15.5. The molecule has 0 unspecified atom stereocenters. The van der Waals surface area contributed by atoms with Gasteiger partial charge in [0.15, 0.2) is 5.11 Å². The lowest BCUT2D eigenvalue weighted by Gasteiger charge is -2.00. The van der Waals surface area contributed by atoms with Gasteiger partial charge < -0.3 is 5.73 Å². The fourth-order valence-electron chi connectivity index (χ4n) is 2.29. The van der Waals surface area contributed by atoms with E-state index in [2.05, 4.69) is 15.3 Å². The largest absolute Gasteiger partial charge is 0.374 e. The minimum Gasteiger partial charge on any atom is -0.374 e. The Balaban J connectivity index is 2.13. The molecular formula is C17H13Cl2N5S. The van der Waals surface area contributed by atoms with E-state index in [0.717, 1.165) is 5.56 Å². The van der Waals surface area contributed by atoms with E-state index in [-0.39, 0.29) is 5.11 Å². The molecule has 3 rings (SSSR count). The summed E-state index contributed by atoms with van der Waals surface area (Å²) in [6.07, 6.45) is 0. The van der Waals surface area contributed by atoms with Gasteiger partial charge in [0, 0.05) is 5.56 Å². The van der Waals surface area contributed by atoms with Gasteiger partial charge in [0.05, 0.1) is 15.7 Å². The SMILES string of the molecule is Cc1c(N=Nc2cccc(Cl)c2Cl)c(-c2ccccc2)nn1C(N)=S. The maximum absolute atomic E-state index is 6.16. The molecule has 0 radical (unpaired) electrons. The molecule has 0 aliphatic heterocycles. The van der Waals surface area contributed by atoms with Crippen LogP contribution in [0.25, 0.3) is 11.3 Å². The fraction of sp³-hybridized carbons (Fsp3) is 0.0588. The Hall–Kier alpha value is -2.28. The number of thiocarbonyl (C=S) groups is 1. The molecule has 0 fully saturated rings. The zero-order valence-electron chi connectivity index (χ0n) is 13.1. The van der Waals surface area contributed by atoms with Crippen molar-refractivity contribution in [2.24, 2.45) is 16.0 Å². The second-order valence-electron chi connectivity index (χ2n) is 5.17. The van der Waals surface area contributed by atoms with Gasteiger partial charge in [0.1, 0.15) is 17.1 Å². The maximum atomic E-state index is 6.16. The van der Waals surface area contributed by atoms with Gasteiger partial charge >= 0.3 is 0 Å². The third-order valence-corrected chi connectivity index (χ3v) is 4.51. The topological polar surface area (TPSA) is 68.6 Å². The molecule has 5 nitrogen and oxygen atoms in total. The van der Waals surface area contributed by atoms with Gasteiger partial charge in [-0.15, -0.1) is 10.2 Å². The number of nitrogens with zero attached hydrogens (tertiary/aromatic N) is 4. The molecule has 0 saturated heterocycles. The zero-order chi connectivity index (χ0) is 18.0. The van der Waals surface area contributed by atoms with Crippen molar-refractivity contribution in [2.45, 2.75) is 6.92 Å². The molecule has 126 valence electrons. The standard InChI is InChI=1S/C17H13Cl2N5S/c1-10-15(22-21-13-9-5-8-12(18)14(13)19)16(23-24(10)17(20)25)11-6-3-2-4-7-11/h2-9H,1H3,(H2,20,25). The average molecular weight is 390 g/mol. The highest BCUT2D eigenvalue weighted by atomic mass is 35.5. The van der Waals surface area contributed by atoms with Crippen LogP contribution < -0.4 is 5.73 Å². The normalized spacial score (nSPS) is 11.2. The Morgan fingerprint density at radius 2 is 1.80 bits per heavy atom. The Morgan fingerprint density at radius 3 is 2.48 bits per heavy atom. The predicted molar refractivity (Wildman–Crippen MR) is 105 cm³/mol. The van der Waals surface area contributed by atoms with Gasteiger partial charge in [-0.25, -0.2) is 4.68 Å². The van der Waals surface area contributed by atoms with Gasteiger partial charge in [0.25, 0.3) is 0 Å². The van der Waals surface area contributed by atoms with E-state index in [1.165, 1.54) is 4.68 Å². The molecule has 3 aromatic rings. The number of benzene rings is 2. The highest BCUT2D eigenvalue weighted by Crippen LogP contribution is 2.36. The van der Waals surface area contributed by atoms with E-state index in [1.54, 1.807) is 18.2 Å². The molecule has 0 aliphatic carbocycles. The van der Waals surface area contributed by atoms with Crippen LogP contribution in [-0.2, 0) is 0 Å². The number of azo groups is 1. The summed E-state index contributed by atoms with van der Waals surface area (Å²) in [6, 6.07) is 14.8. The summed E-state index contributed by atoms with van der Waals surface area (Å²) < 4.78 is 1.46. The molecule has 0 saturated carbocycles. The second kappa shape index (κ2) is 7.31. The monoisotopic (exact) mass is 389 g/mol. The van der Waals surface area contributed by atoms with Gasteiger partial charge in [-0.05, 0) is 31.3 Å². The first-order valence-corrected chi connectivity index (χ1v) is 8.46. The highest BCUT2D eigenvalue weighted by Gasteiger charge is 2.17. The number of nitrogens with two attached hydrogens (primary N) is 1. The van der Waals surface area contributed by atoms with E-state index < -0.39 is 0 Å². The Bertz CT molecular complexity index is 967. The van der Waals surface area contributed by atoms with Crippen molar-refractivity contribution in [3.63, 3.8) is 0 Å². The number of hydrogen-bond acceptors (Lipinski definition) is 4. The molecule has 25 heavy (non-hydrogen) atoms. The van der Waals surface area contributed by atoms with E-state index in [4.69, 9.17) is 41.2 Å². The van der Waals surface area contributed by atoms with Crippen molar-refractivity contribution in [2.75, 3.05) is 0 Å². The lowest BCUT2D eigenvalue weighted by Crippen LogP contribution is -2.21. The van der Waals surface area contributed by atoms with Crippen LogP contribution in [-0.4, -0.2) is 14.9 Å². The molecule has 1 heterocycles. The third kappa shape index (κ3) is 3.56. The molecule has 0 amide bonds. The van der Waals surface area contributed by atoms with Crippen molar-refractivity contribution in [1.29, 1.82) is 0 Å². The fourth-order valence-corrected chi connectivity index (χ4v) is 2.80. The van der Waals surface area contributed by atoms with Gasteiger partial charge in [-0.3, -0.25) is 0 Å². The molecule has 2 N–H and O–H groups in total. The van der Waals surface area contributed by atoms with Crippen LogP contribution in [0.15, 0.2) is 58.8 Å². The van der Waals surface area contributed by atoms with Crippen molar-refractivity contribution in [1.82, 2.24) is 9.78 Å². The first kappa shape index (κ1) is 17.5. The number of hydrogen-bond donors (Lipinski definition) is 1. The number of aromatic nitrogens is 2. The van der Waals surface area contributed by atoms with Crippen LogP contribution in [0.1, 0.15) is 5.69 Å². The van der Waals surface area contributed by atoms with Crippen LogP contribution in [0.5, 0.6) is 0 Å². The maximum Gasteiger partial charge on any atom is 0.191 e. The third-order valence-electron chi connectivity index (χ3n) is 3.53. The Morgan fingerprint density at radius 1 is 1.08 bits per heavy atom. The van der Waals surface area contributed by atoms with Crippen LogP contribution in [0.3, 0.4) is 0 Å². The van der Waals surface area contributed by atoms with Gasteiger partial charge in [0.2, 0.25) is 0 Å². The van der Waals surface area contributed by atoms with Crippen LogP contribution in [0.2, 0.25) is 10.0 Å². The van der Waals surface area contributed by atoms with Crippen LogP contribution in [0.4, 0.5) is 11.4 Å². The molecule has 0 aliphatic rings. The summed E-state index contributed by atoms with van der Waals surface area (Å²) in [7, 11) is 0. The van der Waals surface area contributed by atoms with E-state index in [0.29, 0.717) is 32.8 Å². The van der Waals surface area contributed by atoms with Crippen LogP contribution >= 0.6 is 35.4 Å². The number of halogens is 2. The summed E-state index contributed by atoms with van der Waals surface area (Å²) in [5.41, 5.74) is 8.98. The first-order chi connectivity index (χ1) is 12.0. The predicted octanol–water partition coefficient (Wildman–Crippen LogP) is 5.67. The molecule has 0 spiro atoms. The van der Waals surface area contributed by atoms with Crippen molar-refractivity contribution in [3.05, 3.63) is 64.3 Å². The molecular weight excluding hydrogens is 377 g/mol. The molecule has 2 aromatic carbocycles. The van der Waals surface area contributed by atoms with Crippen molar-refractivity contribution in [3.8, 4) is 11.3 Å². The number of rotatable bonds is 3. The quantitative estimate of drug-likeness (QED) is 0.463. The van der Waals surface area contributed by atoms with E-state index in [9.17, 15) is 0 Å². The van der Waals surface area contributed by atoms with Gasteiger partial charge in [-0.2, -0.15) is 5.10 Å². The van der Waals surface area contributed by atoms with Crippen molar-refractivity contribution >= 4 is 51.9 Å². The van der Waals surface area contributed by atoms with E-state index in [1.807, 2.05) is 37.3 Å². The molecule has 1 aromatic heterocycles. The van der Waals surface area contributed by atoms with Crippen molar-refractivity contribution < 1.29 is 0 Å².